The summed E-state index contributed by atoms with van der Waals surface area (Å²) in [5.41, 5.74) is 1.18. The second-order valence-corrected chi connectivity index (χ2v) is 7.07. The van der Waals surface area contributed by atoms with Crippen LogP contribution in [-0.4, -0.2) is 50.2 Å². The van der Waals surface area contributed by atoms with Crippen LogP contribution < -0.4 is 15.4 Å². The Morgan fingerprint density at radius 2 is 2.00 bits per heavy atom. The van der Waals surface area contributed by atoms with Gasteiger partial charge in [-0.2, -0.15) is 0 Å². The molecule has 25 heavy (non-hydrogen) atoms. The number of hydrogen-bond donors (Lipinski definition) is 2. The summed E-state index contributed by atoms with van der Waals surface area (Å²) >= 11 is 0. The molecule has 2 aliphatic carbocycles. The monoisotopic (exact) mass is 344 g/mol. The number of ether oxygens (including phenoxy) is 1. The maximum absolute atomic E-state index is 5.98. The number of aliphatic imine (C=N–C) groups is 1. The number of nitrogens with zero attached hydrogens (tertiary/aromatic N) is 2. The van der Waals surface area contributed by atoms with Crippen molar-refractivity contribution in [3.05, 3.63) is 29.8 Å². The zero-order chi connectivity index (χ0) is 17.5. The molecular formula is C20H32N4O. The molecule has 2 N–H and O–H groups in total. The molecule has 1 aromatic rings. The van der Waals surface area contributed by atoms with E-state index >= 15 is 0 Å². The molecule has 0 amide bonds. The van der Waals surface area contributed by atoms with Crippen LogP contribution in [0.5, 0.6) is 5.75 Å². The van der Waals surface area contributed by atoms with E-state index in [1.165, 1.54) is 31.2 Å². The van der Waals surface area contributed by atoms with Crippen molar-refractivity contribution in [1.29, 1.82) is 0 Å². The Morgan fingerprint density at radius 3 is 2.68 bits per heavy atom. The molecule has 0 aliphatic heterocycles. The van der Waals surface area contributed by atoms with Crippen LogP contribution in [0.3, 0.4) is 0 Å². The highest BCUT2D eigenvalue weighted by atomic mass is 16.5. The molecule has 0 bridgehead atoms. The first-order valence-electron chi connectivity index (χ1n) is 9.69. The molecule has 0 spiro atoms. The minimum Gasteiger partial charge on any atom is -0.493 e. The van der Waals surface area contributed by atoms with Gasteiger partial charge in [-0.05, 0) is 44.2 Å². The third kappa shape index (κ3) is 5.92. The fourth-order valence-corrected chi connectivity index (χ4v) is 3.04. The summed E-state index contributed by atoms with van der Waals surface area (Å²) in [6, 6.07) is 9.10. The Balaban J connectivity index is 1.42. The first-order valence-corrected chi connectivity index (χ1v) is 9.69. The lowest BCUT2D eigenvalue weighted by Crippen LogP contribution is -2.41. The summed E-state index contributed by atoms with van der Waals surface area (Å²) in [5, 5.41) is 6.83. The minimum atomic E-state index is 0.723. The number of para-hydroxylation sites is 1. The second-order valence-electron chi connectivity index (χ2n) is 7.07. The Bertz CT molecular complexity index is 567. The molecular weight excluding hydrogens is 312 g/mol. The van der Waals surface area contributed by atoms with Gasteiger partial charge in [-0.15, -0.1) is 0 Å². The van der Waals surface area contributed by atoms with E-state index in [-0.39, 0.29) is 0 Å². The lowest BCUT2D eigenvalue weighted by atomic mass is 10.2. The molecule has 1 aromatic carbocycles. The van der Waals surface area contributed by atoms with Crippen LogP contribution in [0.1, 0.15) is 38.2 Å². The van der Waals surface area contributed by atoms with Crippen molar-refractivity contribution in [2.75, 3.05) is 33.3 Å². The van der Waals surface area contributed by atoms with E-state index in [1.54, 1.807) is 0 Å². The predicted molar refractivity (Wildman–Crippen MR) is 103 cm³/mol. The molecule has 2 aliphatic rings. The van der Waals surface area contributed by atoms with Gasteiger partial charge in [-0.1, -0.05) is 25.1 Å². The quantitative estimate of drug-likeness (QED) is 0.506. The largest absolute Gasteiger partial charge is 0.493 e. The van der Waals surface area contributed by atoms with Gasteiger partial charge >= 0.3 is 0 Å². The number of likely N-dealkylation sites (N-methyl/N-ethyl adjacent to an activating group) is 1. The van der Waals surface area contributed by atoms with Crippen molar-refractivity contribution in [3.8, 4) is 5.75 Å². The van der Waals surface area contributed by atoms with Gasteiger partial charge < -0.3 is 15.4 Å². The first kappa shape index (κ1) is 18.1. The maximum Gasteiger partial charge on any atom is 0.191 e. The molecule has 0 radical (unpaired) electrons. The van der Waals surface area contributed by atoms with Crippen LogP contribution in [-0.2, 0) is 6.54 Å². The van der Waals surface area contributed by atoms with Gasteiger partial charge in [0.25, 0.3) is 0 Å². The van der Waals surface area contributed by atoms with E-state index in [1.807, 2.05) is 13.1 Å². The number of hydrogen-bond acceptors (Lipinski definition) is 3. The summed E-state index contributed by atoms with van der Waals surface area (Å²) in [6.45, 7) is 6.93. The number of benzene rings is 1. The van der Waals surface area contributed by atoms with Gasteiger partial charge in [-0.3, -0.25) is 9.89 Å². The van der Waals surface area contributed by atoms with Crippen molar-refractivity contribution >= 4 is 5.96 Å². The van der Waals surface area contributed by atoms with E-state index in [2.05, 4.69) is 45.6 Å². The van der Waals surface area contributed by atoms with Gasteiger partial charge in [0.05, 0.1) is 6.61 Å². The van der Waals surface area contributed by atoms with Crippen LogP contribution in [0.25, 0.3) is 0 Å². The average molecular weight is 345 g/mol. The molecule has 0 unspecified atom stereocenters. The highest BCUT2D eigenvalue weighted by Crippen LogP contribution is 2.30. The van der Waals surface area contributed by atoms with Crippen LogP contribution in [0.4, 0.5) is 0 Å². The SMILES string of the molecule is CCN(CCNC(=NC)NCc1ccccc1OCC1CC1)C1CC1. The molecule has 138 valence electrons. The van der Waals surface area contributed by atoms with E-state index in [0.29, 0.717) is 0 Å². The van der Waals surface area contributed by atoms with Crippen molar-refractivity contribution in [1.82, 2.24) is 15.5 Å². The molecule has 0 atom stereocenters. The number of guanidine groups is 1. The first-order chi connectivity index (χ1) is 12.3. The van der Waals surface area contributed by atoms with Crippen LogP contribution >= 0.6 is 0 Å². The summed E-state index contributed by atoms with van der Waals surface area (Å²) in [4.78, 5) is 6.88. The number of rotatable bonds is 10. The van der Waals surface area contributed by atoms with Gasteiger partial charge in [0.15, 0.2) is 5.96 Å². The lowest BCUT2D eigenvalue weighted by molar-refractivity contribution is 0.282. The second kappa shape index (κ2) is 9.09. The standard InChI is InChI=1S/C20H32N4O/c1-3-24(18-10-11-18)13-12-22-20(21-2)23-14-17-6-4-5-7-19(17)25-15-16-8-9-16/h4-7,16,18H,3,8-15H2,1-2H3,(H2,21,22,23). The van der Waals surface area contributed by atoms with E-state index < -0.39 is 0 Å². The fraction of sp³-hybridized carbons (Fsp3) is 0.650. The van der Waals surface area contributed by atoms with E-state index in [4.69, 9.17) is 4.74 Å². The molecule has 5 heteroatoms. The molecule has 0 aromatic heterocycles. The Hall–Kier alpha value is -1.75. The summed E-state index contributed by atoms with van der Waals surface area (Å²) < 4.78 is 5.98. The third-order valence-corrected chi connectivity index (χ3v) is 4.97. The van der Waals surface area contributed by atoms with Gasteiger partial charge in [0.1, 0.15) is 5.75 Å². The lowest BCUT2D eigenvalue weighted by Gasteiger charge is -2.21. The van der Waals surface area contributed by atoms with Gasteiger partial charge in [0.2, 0.25) is 0 Å². The smallest absolute Gasteiger partial charge is 0.191 e. The predicted octanol–water partition coefficient (Wildman–Crippen LogP) is 2.62. The van der Waals surface area contributed by atoms with Gasteiger partial charge in [0, 0.05) is 38.3 Å². The van der Waals surface area contributed by atoms with Crippen molar-refractivity contribution in [2.45, 2.75) is 45.2 Å². The van der Waals surface area contributed by atoms with Crippen LogP contribution in [0.2, 0.25) is 0 Å². The van der Waals surface area contributed by atoms with Crippen LogP contribution in [0, 0.1) is 5.92 Å². The highest BCUT2D eigenvalue weighted by Gasteiger charge is 2.27. The summed E-state index contributed by atoms with van der Waals surface area (Å²) in [7, 11) is 1.82. The average Bonchev–Trinajstić information content (AvgIpc) is 3.54. The van der Waals surface area contributed by atoms with Gasteiger partial charge in [-0.25, -0.2) is 0 Å². The van der Waals surface area contributed by atoms with E-state index in [9.17, 15) is 0 Å². The molecule has 0 heterocycles. The van der Waals surface area contributed by atoms with Crippen molar-refractivity contribution in [3.63, 3.8) is 0 Å². The van der Waals surface area contributed by atoms with Crippen LogP contribution in [0.15, 0.2) is 29.3 Å². The molecule has 0 saturated heterocycles. The van der Waals surface area contributed by atoms with E-state index in [0.717, 1.165) is 56.5 Å². The Morgan fingerprint density at radius 1 is 1.20 bits per heavy atom. The Kier molecular flexibility index (Phi) is 6.56. The topological polar surface area (TPSA) is 48.9 Å². The van der Waals surface area contributed by atoms with Crippen molar-refractivity contribution in [2.24, 2.45) is 10.9 Å². The third-order valence-electron chi connectivity index (χ3n) is 4.97. The number of nitrogens with one attached hydrogen (secondary N) is 2. The molecule has 5 nitrogen and oxygen atoms in total. The zero-order valence-corrected chi connectivity index (χ0v) is 15.6. The molecule has 2 fully saturated rings. The fourth-order valence-electron chi connectivity index (χ4n) is 3.04. The highest BCUT2D eigenvalue weighted by molar-refractivity contribution is 5.79. The molecule has 2 saturated carbocycles. The summed E-state index contributed by atoms with van der Waals surface area (Å²) in [5.74, 6) is 2.61. The maximum atomic E-state index is 5.98. The molecule has 3 rings (SSSR count). The minimum absolute atomic E-state index is 0.723. The zero-order valence-electron chi connectivity index (χ0n) is 15.6. The summed E-state index contributed by atoms with van der Waals surface area (Å²) in [6.07, 6.45) is 5.34. The van der Waals surface area contributed by atoms with Crippen molar-refractivity contribution < 1.29 is 4.74 Å². The Labute approximate surface area is 151 Å². The normalized spacial score (nSPS) is 17.6.